The summed E-state index contributed by atoms with van der Waals surface area (Å²) in [5.41, 5.74) is 2.89. The molecule has 0 unspecified atom stereocenters. The molecule has 4 aromatic heterocycles. The van der Waals surface area contributed by atoms with E-state index in [9.17, 15) is 0 Å². The average molecular weight is 236 g/mol. The minimum Gasteiger partial charge on any atom is -0.360 e. The second-order valence-electron chi connectivity index (χ2n) is 3.87. The van der Waals surface area contributed by atoms with E-state index in [0.717, 1.165) is 17.0 Å². The Kier molecular flexibility index (Phi) is 1.74. The second kappa shape index (κ2) is 3.36. The maximum Gasteiger partial charge on any atom is 0.203 e. The van der Waals surface area contributed by atoms with Gasteiger partial charge >= 0.3 is 0 Å². The number of nitrogens with zero attached hydrogens (tertiary/aromatic N) is 6. The molecule has 0 aliphatic heterocycles. The van der Waals surface area contributed by atoms with Gasteiger partial charge in [-0.2, -0.15) is 4.52 Å². The Balaban J connectivity index is 2.02. The van der Waals surface area contributed by atoms with Crippen LogP contribution < -0.4 is 9.73 Å². The van der Waals surface area contributed by atoms with Gasteiger partial charge in [-0.25, -0.2) is 4.98 Å². The van der Waals surface area contributed by atoms with Crippen molar-refractivity contribution >= 4 is 11.3 Å². The lowest BCUT2D eigenvalue weighted by Crippen LogP contribution is -2.28. The van der Waals surface area contributed by atoms with Gasteiger partial charge in [-0.3, -0.25) is 4.98 Å². The summed E-state index contributed by atoms with van der Waals surface area (Å²) in [6.07, 6.45) is 7.18. The third-order valence-corrected chi connectivity index (χ3v) is 2.74. The first kappa shape index (κ1) is 9.29. The van der Waals surface area contributed by atoms with E-state index in [2.05, 4.69) is 20.1 Å². The van der Waals surface area contributed by atoms with Gasteiger partial charge in [0.1, 0.15) is 5.65 Å². The molecule has 86 valence electrons. The minimum absolute atomic E-state index is 0.621. The molecule has 4 aromatic rings. The highest BCUT2D eigenvalue weighted by molar-refractivity contribution is 5.67. The summed E-state index contributed by atoms with van der Waals surface area (Å²) < 4.78 is 3.54. The van der Waals surface area contributed by atoms with Crippen LogP contribution >= 0.6 is 0 Å². The van der Waals surface area contributed by atoms with E-state index in [1.165, 1.54) is 0 Å². The van der Waals surface area contributed by atoms with Crippen molar-refractivity contribution in [3.8, 4) is 11.4 Å². The molecule has 0 N–H and O–H groups in total. The van der Waals surface area contributed by atoms with E-state index < -0.39 is 0 Å². The van der Waals surface area contributed by atoms with E-state index >= 15 is 0 Å². The van der Waals surface area contributed by atoms with Crippen LogP contribution in [0.1, 0.15) is 0 Å². The van der Waals surface area contributed by atoms with Gasteiger partial charge < -0.3 is 4.98 Å². The van der Waals surface area contributed by atoms with Gasteiger partial charge in [-0.15, -0.1) is 5.10 Å². The highest BCUT2D eigenvalue weighted by Crippen LogP contribution is 2.14. The van der Waals surface area contributed by atoms with E-state index in [1.54, 1.807) is 17.0 Å². The summed E-state index contributed by atoms with van der Waals surface area (Å²) in [4.78, 5) is 13.1. The maximum absolute atomic E-state index is 4.56. The van der Waals surface area contributed by atoms with Crippen LogP contribution in [0.3, 0.4) is 0 Å². The predicted octanol–water partition coefficient (Wildman–Crippen LogP) is 0.487. The van der Waals surface area contributed by atoms with Gasteiger partial charge in [-0.05, 0) is 18.3 Å². The fraction of sp³-hybridized carbons (Fsp3) is 0. The first-order valence-electron chi connectivity index (χ1n) is 5.52. The van der Waals surface area contributed by atoms with Crippen LogP contribution in [0.25, 0.3) is 22.7 Å². The van der Waals surface area contributed by atoms with Crippen molar-refractivity contribution in [1.29, 1.82) is 0 Å². The van der Waals surface area contributed by atoms with Crippen LogP contribution in [0.5, 0.6) is 0 Å². The average Bonchev–Trinajstić information content (AvgIpc) is 2.99. The number of pyridine rings is 1. The molecule has 6 nitrogen and oxygen atoms in total. The van der Waals surface area contributed by atoms with Crippen molar-refractivity contribution in [2.45, 2.75) is 0 Å². The van der Waals surface area contributed by atoms with Gasteiger partial charge in [0.2, 0.25) is 6.20 Å². The third-order valence-electron chi connectivity index (χ3n) is 2.74. The molecule has 0 fully saturated rings. The largest absolute Gasteiger partial charge is 0.360 e. The Morgan fingerprint density at radius 1 is 1.11 bits per heavy atom. The lowest BCUT2D eigenvalue weighted by Gasteiger charge is -2.00. The van der Waals surface area contributed by atoms with Crippen LogP contribution in [0.2, 0.25) is 0 Å². The number of hydrogen-bond donors (Lipinski definition) is 0. The number of hydrogen-bond acceptors (Lipinski definition) is 3. The fourth-order valence-corrected chi connectivity index (χ4v) is 1.92. The van der Waals surface area contributed by atoms with E-state index in [-0.39, 0.29) is 0 Å². The van der Waals surface area contributed by atoms with Crippen molar-refractivity contribution in [3.63, 3.8) is 0 Å². The summed E-state index contributed by atoms with van der Waals surface area (Å²) >= 11 is 0. The van der Waals surface area contributed by atoms with Gasteiger partial charge in [0.05, 0.1) is 11.4 Å². The maximum atomic E-state index is 4.56. The van der Waals surface area contributed by atoms with Crippen LogP contribution in [-0.2, 0) is 0 Å². The molecule has 0 saturated carbocycles. The van der Waals surface area contributed by atoms with Gasteiger partial charge in [0.15, 0.2) is 5.65 Å². The monoisotopic (exact) mass is 236 g/mol. The molecule has 4 heterocycles. The second-order valence-corrected chi connectivity index (χ2v) is 3.87. The Labute approximate surface area is 102 Å². The zero-order valence-corrected chi connectivity index (χ0v) is 9.30. The summed E-state index contributed by atoms with van der Waals surface area (Å²) in [6, 6.07) is 7.62. The van der Waals surface area contributed by atoms with Crippen molar-refractivity contribution in [1.82, 2.24) is 24.6 Å². The van der Waals surface area contributed by atoms with Gasteiger partial charge in [0.25, 0.3) is 0 Å². The van der Waals surface area contributed by atoms with Crippen LogP contribution in [-0.4, -0.2) is 19.5 Å². The predicted molar refractivity (Wildman–Crippen MR) is 62.7 cm³/mol. The zero-order valence-electron chi connectivity index (χ0n) is 9.30. The fourth-order valence-electron chi connectivity index (χ4n) is 1.92. The molecule has 18 heavy (non-hydrogen) atoms. The Hall–Kier alpha value is -2.76. The molecule has 4 rings (SSSR count). The number of aromatic nitrogens is 6. The normalized spacial score (nSPS) is 11.3. The van der Waals surface area contributed by atoms with E-state index in [4.69, 9.17) is 0 Å². The topological polar surface area (TPSA) is 61.3 Å². The summed E-state index contributed by atoms with van der Waals surface area (Å²) in [5, 5.41) is 4.30. The molecule has 0 aliphatic carbocycles. The molecule has 0 bridgehead atoms. The van der Waals surface area contributed by atoms with Crippen LogP contribution in [0.4, 0.5) is 0 Å². The summed E-state index contributed by atoms with van der Waals surface area (Å²) in [5.74, 6) is 0. The summed E-state index contributed by atoms with van der Waals surface area (Å²) in [7, 11) is 0. The first-order chi connectivity index (χ1) is 8.92. The highest BCUT2D eigenvalue weighted by atomic mass is 15.5. The van der Waals surface area contributed by atoms with Crippen molar-refractivity contribution in [3.05, 3.63) is 49.1 Å². The smallest absolute Gasteiger partial charge is 0.203 e. The van der Waals surface area contributed by atoms with E-state index in [1.807, 2.05) is 41.2 Å². The zero-order chi connectivity index (χ0) is 11.9. The van der Waals surface area contributed by atoms with Crippen molar-refractivity contribution in [2.75, 3.05) is 0 Å². The summed E-state index contributed by atoms with van der Waals surface area (Å²) in [6.45, 7) is 0. The van der Waals surface area contributed by atoms with Crippen molar-refractivity contribution < 1.29 is 4.63 Å². The lowest BCUT2D eigenvalue weighted by molar-refractivity contribution is -0.674. The first-order valence-corrected chi connectivity index (χ1v) is 5.52. The molecule has 0 amide bonds. The molecule has 0 radical (unpaired) electrons. The van der Waals surface area contributed by atoms with Gasteiger partial charge in [0, 0.05) is 18.5 Å². The Morgan fingerprint density at radius 2 is 2.11 bits per heavy atom. The minimum atomic E-state index is 0.621. The molecule has 0 aromatic carbocycles. The molecule has 0 saturated heterocycles. The third kappa shape index (κ3) is 1.22. The molecule has 0 spiro atoms. The SMILES string of the molecule is c1ccc(-c2cnc3[n-][n+]4cccn4c3n2)nc1. The number of fused-ring (bicyclic) bond motifs is 3. The van der Waals surface area contributed by atoms with Gasteiger partial charge in [-0.1, -0.05) is 10.7 Å². The van der Waals surface area contributed by atoms with Crippen molar-refractivity contribution in [2.24, 2.45) is 0 Å². The van der Waals surface area contributed by atoms with Crippen LogP contribution in [0, 0.1) is 0 Å². The van der Waals surface area contributed by atoms with E-state index in [0.29, 0.717) is 5.65 Å². The quantitative estimate of drug-likeness (QED) is 0.451. The molecule has 6 heteroatoms. The molecule has 0 aliphatic rings. The number of rotatable bonds is 1. The Morgan fingerprint density at radius 3 is 3.00 bits per heavy atom. The highest BCUT2D eigenvalue weighted by Gasteiger charge is 2.07. The molecule has 0 atom stereocenters. The molecular weight excluding hydrogens is 228 g/mol. The van der Waals surface area contributed by atoms with Crippen LogP contribution in [0.15, 0.2) is 49.1 Å². The molecular formula is C12H8N6. The Bertz CT molecular complexity index is 829. The lowest BCUT2D eigenvalue weighted by atomic mass is 10.3. The standard InChI is InChI=1S/C12H8N6/c1-2-5-13-9(4-1)10-8-14-11-12(15-10)17-6-3-7-18(17)16-11/h1-8H.